The van der Waals surface area contributed by atoms with Crippen molar-refractivity contribution in [2.75, 3.05) is 6.61 Å². The van der Waals surface area contributed by atoms with E-state index >= 15 is 0 Å². The molecule has 0 heterocycles. The van der Waals surface area contributed by atoms with E-state index in [9.17, 15) is 4.79 Å². The summed E-state index contributed by atoms with van der Waals surface area (Å²) in [6.07, 6.45) is 6.92. The van der Waals surface area contributed by atoms with Crippen molar-refractivity contribution in [1.29, 1.82) is 0 Å². The van der Waals surface area contributed by atoms with Gasteiger partial charge in [-0.25, -0.2) is 0 Å². The fraction of sp³-hybridized carbons (Fsp3) is 0.500. The van der Waals surface area contributed by atoms with Crippen LogP contribution in [-0.4, -0.2) is 12.9 Å². The molecule has 2 nitrogen and oxygen atoms in total. The van der Waals surface area contributed by atoms with Gasteiger partial charge in [-0.05, 0) is 54.4 Å². The number of benzene rings is 1. The van der Waals surface area contributed by atoms with Crippen molar-refractivity contribution in [3.8, 4) is 5.75 Å². The van der Waals surface area contributed by atoms with Crippen LogP contribution in [0.5, 0.6) is 5.75 Å². The van der Waals surface area contributed by atoms with Crippen molar-refractivity contribution in [3.05, 3.63) is 41.5 Å². The zero-order chi connectivity index (χ0) is 14.2. The van der Waals surface area contributed by atoms with Crippen molar-refractivity contribution >= 4 is 6.29 Å². The zero-order valence-corrected chi connectivity index (χ0v) is 12.3. The second-order valence-electron chi connectivity index (χ2n) is 6.61. The molecule has 1 saturated carbocycles. The number of carbonyl (C=O) groups is 1. The number of fused-ring (bicyclic) bond motifs is 1. The summed E-state index contributed by atoms with van der Waals surface area (Å²) in [4.78, 5) is 10.6. The molecule has 1 aromatic carbocycles. The Bertz CT molecular complexity index is 525. The summed E-state index contributed by atoms with van der Waals surface area (Å²) in [6, 6.07) is 7.31. The second kappa shape index (κ2) is 5.08. The van der Waals surface area contributed by atoms with Gasteiger partial charge in [-0.1, -0.05) is 25.5 Å². The van der Waals surface area contributed by atoms with Crippen LogP contribution in [0.25, 0.3) is 0 Å². The fourth-order valence-electron chi connectivity index (χ4n) is 3.69. The van der Waals surface area contributed by atoms with E-state index in [1.54, 1.807) is 17.7 Å². The quantitative estimate of drug-likeness (QED) is 0.590. The van der Waals surface area contributed by atoms with E-state index in [2.05, 4.69) is 19.9 Å². The molecule has 1 fully saturated rings. The first kappa shape index (κ1) is 13.4. The van der Waals surface area contributed by atoms with Crippen LogP contribution in [0.4, 0.5) is 0 Å². The molecule has 2 unspecified atom stereocenters. The van der Waals surface area contributed by atoms with Gasteiger partial charge >= 0.3 is 0 Å². The molecule has 106 valence electrons. The maximum absolute atomic E-state index is 10.6. The molecule has 2 heteroatoms. The van der Waals surface area contributed by atoms with E-state index in [0.717, 1.165) is 36.9 Å². The Morgan fingerprint density at radius 1 is 1.30 bits per heavy atom. The highest BCUT2D eigenvalue weighted by Gasteiger charge is 2.50. The number of hydrogen-bond acceptors (Lipinski definition) is 2. The lowest BCUT2D eigenvalue weighted by atomic mass is 9.48. The van der Waals surface area contributed by atoms with Crippen LogP contribution in [0.15, 0.2) is 35.9 Å². The van der Waals surface area contributed by atoms with E-state index in [1.165, 1.54) is 12.8 Å². The maximum Gasteiger partial charge on any atom is 0.150 e. The Hall–Kier alpha value is -1.57. The average molecular weight is 270 g/mol. The van der Waals surface area contributed by atoms with Gasteiger partial charge in [0.2, 0.25) is 0 Å². The van der Waals surface area contributed by atoms with Crippen molar-refractivity contribution in [2.24, 2.45) is 17.3 Å². The molecule has 0 aromatic heterocycles. The smallest absolute Gasteiger partial charge is 0.150 e. The highest BCUT2D eigenvalue weighted by atomic mass is 16.5. The molecule has 0 amide bonds. The average Bonchev–Trinajstić information content (AvgIpc) is 2.48. The zero-order valence-electron chi connectivity index (χ0n) is 12.3. The summed E-state index contributed by atoms with van der Waals surface area (Å²) in [5.41, 5.74) is 2.77. The lowest BCUT2D eigenvalue weighted by Crippen LogP contribution is -2.48. The molecule has 2 atom stereocenters. The number of rotatable bonds is 5. The van der Waals surface area contributed by atoms with Crippen LogP contribution >= 0.6 is 0 Å². The first-order valence-corrected chi connectivity index (χ1v) is 7.48. The van der Waals surface area contributed by atoms with Crippen LogP contribution in [-0.2, 0) is 0 Å². The van der Waals surface area contributed by atoms with Gasteiger partial charge in [0.05, 0.1) is 6.61 Å². The first-order valence-electron chi connectivity index (χ1n) is 7.48. The van der Waals surface area contributed by atoms with Crippen LogP contribution in [0, 0.1) is 17.3 Å². The molecule has 3 aliphatic carbocycles. The minimum atomic E-state index is 0.496. The molecule has 0 N–H and O–H groups in total. The molecule has 0 spiro atoms. The standard InChI is InChI=1S/C18H22O2/c1-18(2)15-6-5-14(17(18)11-15)9-10-20-16-7-3-13(12-19)4-8-16/h3-5,7-8,12,15,17H,6,9-11H2,1-2H3. The molecular weight excluding hydrogens is 248 g/mol. The normalized spacial score (nSPS) is 26.4. The van der Waals surface area contributed by atoms with Gasteiger partial charge in [-0.15, -0.1) is 0 Å². The topological polar surface area (TPSA) is 26.3 Å². The summed E-state index contributed by atoms with van der Waals surface area (Å²) in [5.74, 6) is 2.51. The Morgan fingerprint density at radius 3 is 2.65 bits per heavy atom. The predicted octanol–water partition coefficient (Wildman–Crippen LogP) is 4.26. The molecule has 0 saturated heterocycles. The van der Waals surface area contributed by atoms with Crippen LogP contribution in [0.3, 0.4) is 0 Å². The second-order valence-corrected chi connectivity index (χ2v) is 6.61. The third kappa shape index (κ3) is 2.28. The highest BCUT2D eigenvalue weighted by Crippen LogP contribution is 2.59. The van der Waals surface area contributed by atoms with Gasteiger partial charge in [0.15, 0.2) is 0 Å². The Labute approximate surface area is 120 Å². The van der Waals surface area contributed by atoms with Crippen LogP contribution < -0.4 is 4.74 Å². The number of ether oxygens (including phenoxy) is 1. The lowest BCUT2D eigenvalue weighted by molar-refractivity contribution is -0.00917. The lowest BCUT2D eigenvalue weighted by Gasteiger charge is -2.56. The van der Waals surface area contributed by atoms with E-state index in [0.29, 0.717) is 11.0 Å². The number of aldehydes is 1. The molecule has 20 heavy (non-hydrogen) atoms. The molecule has 0 radical (unpaired) electrons. The molecule has 2 bridgehead atoms. The molecule has 0 aliphatic heterocycles. The monoisotopic (exact) mass is 270 g/mol. The molecule has 1 aromatic rings. The van der Waals surface area contributed by atoms with E-state index in [1.807, 2.05) is 12.1 Å². The van der Waals surface area contributed by atoms with E-state index < -0.39 is 0 Å². The number of carbonyl (C=O) groups excluding carboxylic acids is 1. The maximum atomic E-state index is 10.6. The molecular formula is C18H22O2. The summed E-state index contributed by atoms with van der Waals surface area (Å²) >= 11 is 0. The summed E-state index contributed by atoms with van der Waals surface area (Å²) < 4.78 is 5.79. The predicted molar refractivity (Wildman–Crippen MR) is 80.0 cm³/mol. The van der Waals surface area contributed by atoms with Gasteiger partial charge in [0, 0.05) is 12.0 Å². The van der Waals surface area contributed by atoms with Crippen LogP contribution in [0.2, 0.25) is 0 Å². The van der Waals surface area contributed by atoms with Gasteiger partial charge < -0.3 is 4.74 Å². The largest absolute Gasteiger partial charge is 0.493 e. The Kier molecular flexibility index (Phi) is 3.41. The Balaban J connectivity index is 1.53. The molecule has 4 rings (SSSR count). The summed E-state index contributed by atoms with van der Waals surface area (Å²) in [5, 5.41) is 0. The van der Waals surface area contributed by atoms with Gasteiger partial charge in [-0.2, -0.15) is 0 Å². The van der Waals surface area contributed by atoms with Crippen molar-refractivity contribution in [2.45, 2.75) is 33.1 Å². The first-order chi connectivity index (χ1) is 9.61. The Morgan fingerprint density at radius 2 is 2.05 bits per heavy atom. The van der Waals surface area contributed by atoms with Gasteiger partial charge in [0.1, 0.15) is 12.0 Å². The van der Waals surface area contributed by atoms with Crippen molar-refractivity contribution in [1.82, 2.24) is 0 Å². The molecule has 3 aliphatic rings. The van der Waals surface area contributed by atoms with E-state index in [4.69, 9.17) is 4.74 Å². The number of hydrogen-bond donors (Lipinski definition) is 0. The van der Waals surface area contributed by atoms with Crippen LogP contribution in [0.1, 0.15) is 43.5 Å². The summed E-state index contributed by atoms with van der Waals surface area (Å²) in [7, 11) is 0. The number of allylic oxidation sites excluding steroid dienone is 1. The third-order valence-electron chi connectivity index (χ3n) is 5.26. The van der Waals surface area contributed by atoms with Gasteiger partial charge in [0.25, 0.3) is 0 Å². The summed E-state index contributed by atoms with van der Waals surface area (Å²) in [6.45, 7) is 5.53. The van der Waals surface area contributed by atoms with Crippen molar-refractivity contribution in [3.63, 3.8) is 0 Å². The van der Waals surface area contributed by atoms with E-state index in [-0.39, 0.29) is 0 Å². The van der Waals surface area contributed by atoms with Gasteiger partial charge in [-0.3, -0.25) is 4.79 Å². The van der Waals surface area contributed by atoms with Crippen molar-refractivity contribution < 1.29 is 9.53 Å². The fourth-order valence-corrected chi connectivity index (χ4v) is 3.69. The minimum absolute atomic E-state index is 0.496. The SMILES string of the molecule is CC1(C)C2CC=C(CCOc3ccc(C=O)cc3)C1C2. The highest BCUT2D eigenvalue weighted by molar-refractivity contribution is 5.74. The third-order valence-corrected chi connectivity index (χ3v) is 5.26. The minimum Gasteiger partial charge on any atom is -0.493 e.